The maximum Gasteiger partial charge on any atom is 0.306 e. The van der Waals surface area contributed by atoms with Crippen LogP contribution in [0.15, 0.2) is 0 Å². The highest BCUT2D eigenvalue weighted by molar-refractivity contribution is 7.45. The zero-order valence-electron chi connectivity index (χ0n) is 32.0. The number of ether oxygens (including phenoxy) is 2. The summed E-state index contributed by atoms with van der Waals surface area (Å²) in [5.41, 5.74) is 0. The first-order chi connectivity index (χ1) is 23.0. The minimum atomic E-state index is -4.61. The van der Waals surface area contributed by atoms with Crippen molar-refractivity contribution in [1.29, 1.82) is 0 Å². The molecule has 286 valence electrons. The van der Waals surface area contributed by atoms with Gasteiger partial charge in [-0.1, -0.05) is 155 Å². The molecular formula is C38H76NO8P. The van der Waals surface area contributed by atoms with E-state index in [1.54, 1.807) is 0 Å². The zero-order chi connectivity index (χ0) is 35.8. The second-order valence-electron chi connectivity index (χ2n) is 14.7. The molecular weight excluding hydrogens is 629 g/mol. The maximum absolute atomic E-state index is 12.6. The number of likely N-dealkylation sites (N-methyl/N-ethyl adjacent to an activating group) is 1. The lowest BCUT2D eigenvalue weighted by Crippen LogP contribution is -2.37. The van der Waals surface area contributed by atoms with Crippen molar-refractivity contribution in [2.45, 2.75) is 187 Å². The summed E-state index contributed by atoms with van der Waals surface area (Å²) in [5, 5.41) is 0. The molecule has 0 aromatic rings. The minimum absolute atomic E-state index is 0.0261. The highest BCUT2D eigenvalue weighted by atomic mass is 31.2. The molecule has 0 saturated carbocycles. The van der Waals surface area contributed by atoms with Gasteiger partial charge in [0.1, 0.15) is 19.8 Å². The number of hydrogen-bond donors (Lipinski definition) is 0. The summed E-state index contributed by atoms with van der Waals surface area (Å²) in [6.45, 7) is 4.21. The van der Waals surface area contributed by atoms with Crippen LogP contribution >= 0.6 is 7.82 Å². The number of hydrogen-bond acceptors (Lipinski definition) is 8. The van der Waals surface area contributed by atoms with Crippen LogP contribution in [0.3, 0.4) is 0 Å². The molecule has 0 saturated heterocycles. The predicted molar refractivity (Wildman–Crippen MR) is 195 cm³/mol. The zero-order valence-corrected chi connectivity index (χ0v) is 32.8. The van der Waals surface area contributed by atoms with Crippen molar-refractivity contribution in [3.63, 3.8) is 0 Å². The molecule has 0 aliphatic rings. The summed E-state index contributed by atoms with van der Waals surface area (Å²) in [7, 11) is 1.18. The van der Waals surface area contributed by atoms with Gasteiger partial charge in [-0.05, 0) is 12.8 Å². The number of unbranched alkanes of at least 4 members (excludes halogenated alkanes) is 22. The number of phosphoric ester groups is 1. The summed E-state index contributed by atoms with van der Waals surface area (Å²) < 4.78 is 33.7. The first-order valence-corrected chi connectivity index (χ1v) is 21.2. The van der Waals surface area contributed by atoms with Crippen molar-refractivity contribution in [3.8, 4) is 0 Å². The van der Waals surface area contributed by atoms with E-state index >= 15 is 0 Å². The summed E-state index contributed by atoms with van der Waals surface area (Å²) in [4.78, 5) is 37.3. The first-order valence-electron chi connectivity index (χ1n) is 19.7. The first kappa shape index (κ1) is 47.0. The number of carbonyl (C=O) groups excluding carboxylic acids is 2. The molecule has 9 nitrogen and oxygen atoms in total. The lowest BCUT2D eigenvalue weighted by atomic mass is 10.0. The van der Waals surface area contributed by atoms with Crippen LogP contribution in [0.1, 0.15) is 181 Å². The topological polar surface area (TPSA) is 111 Å². The fourth-order valence-electron chi connectivity index (χ4n) is 5.48. The lowest BCUT2D eigenvalue weighted by Gasteiger charge is -2.28. The minimum Gasteiger partial charge on any atom is -0.756 e. The van der Waals surface area contributed by atoms with Gasteiger partial charge < -0.3 is 27.9 Å². The van der Waals surface area contributed by atoms with Gasteiger partial charge in [0.2, 0.25) is 0 Å². The Morgan fingerprint density at radius 1 is 0.562 bits per heavy atom. The Morgan fingerprint density at radius 3 is 1.33 bits per heavy atom. The summed E-state index contributed by atoms with van der Waals surface area (Å²) in [6, 6.07) is 0. The number of rotatable bonds is 36. The molecule has 0 amide bonds. The van der Waals surface area contributed by atoms with Crippen LogP contribution < -0.4 is 4.89 Å². The van der Waals surface area contributed by atoms with E-state index < -0.39 is 26.5 Å². The smallest absolute Gasteiger partial charge is 0.306 e. The second kappa shape index (κ2) is 32.0. The Labute approximate surface area is 295 Å². The third-order valence-corrected chi connectivity index (χ3v) is 9.59. The Bertz CT molecular complexity index is 804. The molecule has 2 unspecified atom stereocenters. The molecule has 0 bridgehead atoms. The molecule has 0 radical (unpaired) electrons. The van der Waals surface area contributed by atoms with Crippen molar-refractivity contribution in [1.82, 2.24) is 0 Å². The van der Waals surface area contributed by atoms with Crippen LogP contribution in [-0.2, 0) is 32.7 Å². The Morgan fingerprint density at radius 2 is 0.938 bits per heavy atom. The van der Waals surface area contributed by atoms with Crippen molar-refractivity contribution in [2.75, 3.05) is 47.5 Å². The molecule has 0 aliphatic heterocycles. The third-order valence-electron chi connectivity index (χ3n) is 8.63. The summed E-state index contributed by atoms with van der Waals surface area (Å²) in [6.07, 6.45) is 28.4. The molecule has 0 N–H and O–H groups in total. The number of phosphoric acid groups is 1. The van der Waals surface area contributed by atoms with E-state index in [0.717, 1.165) is 32.1 Å². The van der Waals surface area contributed by atoms with E-state index in [0.29, 0.717) is 17.4 Å². The molecule has 2 atom stereocenters. The van der Waals surface area contributed by atoms with E-state index in [1.807, 2.05) is 21.1 Å². The van der Waals surface area contributed by atoms with Crippen LogP contribution in [0.2, 0.25) is 0 Å². The van der Waals surface area contributed by atoms with Gasteiger partial charge in [-0.2, -0.15) is 0 Å². The molecule has 48 heavy (non-hydrogen) atoms. The van der Waals surface area contributed by atoms with Crippen molar-refractivity contribution in [3.05, 3.63) is 0 Å². The molecule has 0 aliphatic carbocycles. The average molecular weight is 706 g/mol. The van der Waals surface area contributed by atoms with Gasteiger partial charge >= 0.3 is 11.9 Å². The fourth-order valence-corrected chi connectivity index (χ4v) is 6.21. The number of carbonyl (C=O) groups is 2. The van der Waals surface area contributed by atoms with Gasteiger partial charge in [-0.25, -0.2) is 0 Å². The van der Waals surface area contributed by atoms with Crippen LogP contribution in [-0.4, -0.2) is 70.0 Å². The second-order valence-corrected chi connectivity index (χ2v) is 16.1. The van der Waals surface area contributed by atoms with E-state index in [9.17, 15) is 19.0 Å². The fraction of sp³-hybridized carbons (Fsp3) is 0.947. The quantitative estimate of drug-likeness (QED) is 0.0274. The van der Waals surface area contributed by atoms with E-state index in [1.165, 1.54) is 116 Å². The normalized spacial score (nSPS) is 13.7. The predicted octanol–water partition coefficient (Wildman–Crippen LogP) is 9.83. The Balaban J connectivity index is 4.36. The van der Waals surface area contributed by atoms with Gasteiger partial charge in [-0.15, -0.1) is 0 Å². The Hall–Kier alpha value is -0.990. The van der Waals surface area contributed by atoms with E-state index in [2.05, 4.69) is 13.8 Å². The van der Waals surface area contributed by atoms with E-state index in [-0.39, 0.29) is 32.0 Å². The highest BCUT2D eigenvalue weighted by Crippen LogP contribution is 2.38. The van der Waals surface area contributed by atoms with Gasteiger partial charge in [0.05, 0.1) is 27.7 Å². The molecule has 0 aromatic carbocycles. The largest absolute Gasteiger partial charge is 0.756 e. The number of quaternary nitrogens is 1. The maximum atomic E-state index is 12.6. The number of nitrogens with zero attached hydrogens (tertiary/aromatic N) is 1. The summed E-state index contributed by atoms with van der Waals surface area (Å²) in [5.74, 6) is -0.828. The molecule has 0 spiro atoms. The lowest BCUT2D eigenvalue weighted by molar-refractivity contribution is -0.870. The number of esters is 2. The van der Waals surface area contributed by atoms with Crippen LogP contribution in [0.5, 0.6) is 0 Å². The van der Waals surface area contributed by atoms with Gasteiger partial charge in [0, 0.05) is 12.8 Å². The van der Waals surface area contributed by atoms with Crippen LogP contribution in [0.25, 0.3) is 0 Å². The third kappa shape index (κ3) is 34.9. The van der Waals surface area contributed by atoms with E-state index in [4.69, 9.17) is 18.5 Å². The average Bonchev–Trinajstić information content (AvgIpc) is 3.02. The van der Waals surface area contributed by atoms with Gasteiger partial charge in [0.15, 0.2) is 6.10 Å². The molecule has 0 heterocycles. The Kier molecular flexibility index (Phi) is 31.3. The standard InChI is InChI=1S/C38H76NO8P/c1-6-8-10-12-14-16-17-18-19-20-21-23-25-27-29-31-38(41)47-36(35-46-48(42,43)45-33-32-39(3,4)5)34-44-37(40)30-28-26-24-22-15-13-11-9-7-2/h36H,6-35H2,1-5H3. The van der Waals surface area contributed by atoms with Crippen molar-refractivity contribution >= 4 is 19.8 Å². The van der Waals surface area contributed by atoms with Crippen LogP contribution in [0, 0.1) is 0 Å². The molecule has 0 fully saturated rings. The SMILES string of the molecule is CCCCCCCCCCCCCCCCCC(=O)OC(COC(=O)CCCCCCCCCCC)COP(=O)([O-])OCC[N+](C)(C)C. The van der Waals surface area contributed by atoms with Crippen molar-refractivity contribution in [2.24, 2.45) is 0 Å². The van der Waals surface area contributed by atoms with Gasteiger partial charge in [0.25, 0.3) is 7.82 Å². The molecule has 0 rings (SSSR count). The molecule has 0 aromatic heterocycles. The molecule has 10 heteroatoms. The summed E-state index contributed by atoms with van der Waals surface area (Å²) >= 11 is 0. The van der Waals surface area contributed by atoms with Crippen LogP contribution in [0.4, 0.5) is 0 Å². The van der Waals surface area contributed by atoms with Gasteiger partial charge in [-0.3, -0.25) is 14.2 Å². The highest BCUT2D eigenvalue weighted by Gasteiger charge is 2.21. The van der Waals surface area contributed by atoms with Crippen molar-refractivity contribution < 1.29 is 42.1 Å². The monoisotopic (exact) mass is 706 g/mol.